The van der Waals surface area contributed by atoms with Gasteiger partial charge in [0.25, 0.3) is 9.05 Å². The molecule has 0 bridgehead atoms. The normalized spacial score (nSPS) is 11.2. The van der Waals surface area contributed by atoms with Crippen LogP contribution in [0.5, 0.6) is 0 Å². The van der Waals surface area contributed by atoms with E-state index in [1.807, 2.05) is 0 Å². The number of hydrogen-bond acceptors (Lipinski definition) is 4. The molecule has 13 heavy (non-hydrogen) atoms. The number of benzene rings is 1. The van der Waals surface area contributed by atoms with E-state index in [0.717, 1.165) is 12.1 Å². The quantitative estimate of drug-likeness (QED) is 0.570. The Kier molecular flexibility index (Phi) is 2.63. The van der Waals surface area contributed by atoms with Gasteiger partial charge in [0, 0.05) is 10.7 Å². The lowest BCUT2D eigenvalue weighted by atomic mass is 10.3. The van der Waals surface area contributed by atoms with E-state index in [2.05, 4.69) is 5.18 Å². The van der Waals surface area contributed by atoms with Crippen molar-refractivity contribution in [2.24, 2.45) is 5.18 Å². The van der Waals surface area contributed by atoms with E-state index in [1.165, 1.54) is 0 Å². The highest BCUT2D eigenvalue weighted by Crippen LogP contribution is 2.22. The van der Waals surface area contributed by atoms with Crippen LogP contribution in [-0.2, 0) is 9.05 Å². The van der Waals surface area contributed by atoms with Crippen molar-refractivity contribution in [3.8, 4) is 0 Å². The van der Waals surface area contributed by atoms with Crippen LogP contribution in [0.2, 0.25) is 0 Å². The third-order valence-corrected chi connectivity index (χ3v) is 2.65. The van der Waals surface area contributed by atoms with Crippen LogP contribution < -0.4 is 0 Å². The van der Waals surface area contributed by atoms with Crippen molar-refractivity contribution in [3.63, 3.8) is 0 Å². The second-order valence-corrected chi connectivity index (χ2v) is 4.71. The van der Waals surface area contributed by atoms with Crippen LogP contribution in [0.15, 0.2) is 28.3 Å². The summed E-state index contributed by atoms with van der Waals surface area (Å²) in [6.45, 7) is 0. The summed E-state index contributed by atoms with van der Waals surface area (Å²) in [5.41, 5.74) is -0.455. The fourth-order valence-corrected chi connectivity index (χ4v) is 1.48. The zero-order valence-electron chi connectivity index (χ0n) is 6.07. The van der Waals surface area contributed by atoms with Gasteiger partial charge >= 0.3 is 0 Å². The van der Waals surface area contributed by atoms with Crippen LogP contribution in [0.4, 0.5) is 10.1 Å². The minimum Gasteiger partial charge on any atom is -0.207 e. The number of nitroso groups, excluding NO2 is 1. The molecule has 7 heteroatoms. The van der Waals surface area contributed by atoms with Crippen LogP contribution >= 0.6 is 10.7 Å². The summed E-state index contributed by atoms with van der Waals surface area (Å²) in [5, 5.41) is 2.33. The maximum absolute atomic E-state index is 12.8. The molecule has 0 fully saturated rings. The van der Waals surface area contributed by atoms with E-state index >= 15 is 0 Å². The third kappa shape index (κ3) is 2.22. The van der Waals surface area contributed by atoms with Gasteiger partial charge < -0.3 is 0 Å². The summed E-state index contributed by atoms with van der Waals surface area (Å²) in [6.07, 6.45) is 0. The molecule has 4 nitrogen and oxygen atoms in total. The Labute approximate surface area is 77.7 Å². The number of rotatable bonds is 2. The monoisotopic (exact) mass is 223 g/mol. The van der Waals surface area contributed by atoms with Gasteiger partial charge in [-0.15, -0.1) is 4.91 Å². The van der Waals surface area contributed by atoms with Crippen molar-refractivity contribution in [1.82, 2.24) is 0 Å². The predicted molar refractivity (Wildman–Crippen MR) is 44.9 cm³/mol. The number of hydrogen-bond donors (Lipinski definition) is 0. The van der Waals surface area contributed by atoms with Gasteiger partial charge in [-0.25, -0.2) is 12.8 Å². The fourth-order valence-electron chi connectivity index (χ4n) is 0.713. The van der Waals surface area contributed by atoms with Crippen molar-refractivity contribution in [2.75, 3.05) is 0 Å². The predicted octanol–water partition coefficient (Wildman–Crippen LogP) is 2.15. The van der Waals surface area contributed by atoms with Crippen molar-refractivity contribution in [2.45, 2.75) is 4.90 Å². The molecule has 0 radical (unpaired) electrons. The fraction of sp³-hybridized carbons (Fsp3) is 0. The Morgan fingerprint density at radius 3 is 2.38 bits per heavy atom. The molecule has 0 heterocycles. The van der Waals surface area contributed by atoms with Gasteiger partial charge in [0.1, 0.15) is 5.69 Å². The number of halogens is 2. The molecule has 1 aromatic rings. The van der Waals surface area contributed by atoms with Gasteiger partial charge in [-0.3, -0.25) is 0 Å². The smallest absolute Gasteiger partial charge is 0.207 e. The standard InChI is InChI=1S/C6H3ClFNO3S/c7-13(11,12)4-1-2-6(9-10)5(8)3-4/h1-3H. The molecular weight excluding hydrogens is 221 g/mol. The first-order valence-electron chi connectivity index (χ1n) is 3.02. The average molecular weight is 224 g/mol. The Hall–Kier alpha value is -1.01. The zero-order valence-corrected chi connectivity index (χ0v) is 7.64. The summed E-state index contributed by atoms with van der Waals surface area (Å²) in [7, 11) is 0.961. The van der Waals surface area contributed by atoms with Crippen molar-refractivity contribution >= 4 is 25.4 Å². The van der Waals surface area contributed by atoms with Crippen LogP contribution in [0.3, 0.4) is 0 Å². The lowest BCUT2D eigenvalue weighted by Crippen LogP contribution is -1.91. The van der Waals surface area contributed by atoms with Gasteiger partial charge in [0.15, 0.2) is 5.82 Å². The molecule has 0 aliphatic heterocycles. The molecule has 0 saturated carbocycles. The first kappa shape index (κ1) is 10.1. The maximum Gasteiger partial charge on any atom is 0.261 e. The van der Waals surface area contributed by atoms with E-state index in [-0.39, 0.29) is 0 Å². The molecule has 0 spiro atoms. The number of nitrogens with zero attached hydrogens (tertiary/aromatic N) is 1. The second kappa shape index (κ2) is 3.39. The molecule has 0 aromatic heterocycles. The molecule has 0 saturated heterocycles. The summed E-state index contributed by atoms with van der Waals surface area (Å²) in [4.78, 5) is 9.51. The average Bonchev–Trinajstić information content (AvgIpc) is 2.02. The Morgan fingerprint density at radius 1 is 1.38 bits per heavy atom. The van der Waals surface area contributed by atoms with E-state index in [9.17, 15) is 17.7 Å². The van der Waals surface area contributed by atoms with Gasteiger partial charge in [0.05, 0.1) is 4.90 Å². The molecule has 0 amide bonds. The van der Waals surface area contributed by atoms with Gasteiger partial charge in [0.2, 0.25) is 0 Å². The summed E-state index contributed by atoms with van der Waals surface area (Å²) < 4.78 is 34.1. The molecule has 0 unspecified atom stereocenters. The van der Waals surface area contributed by atoms with E-state index in [1.54, 1.807) is 0 Å². The molecule has 1 aromatic carbocycles. The highest BCUT2D eigenvalue weighted by atomic mass is 35.7. The molecule has 0 aliphatic rings. The third-order valence-electron chi connectivity index (χ3n) is 1.30. The molecule has 0 atom stereocenters. The lowest BCUT2D eigenvalue weighted by Gasteiger charge is -1.96. The van der Waals surface area contributed by atoms with Gasteiger partial charge in [-0.2, -0.15) is 0 Å². The first-order chi connectivity index (χ1) is 5.95. The van der Waals surface area contributed by atoms with Crippen molar-refractivity contribution < 1.29 is 12.8 Å². The minimum atomic E-state index is -3.96. The zero-order chi connectivity index (χ0) is 10.1. The Morgan fingerprint density at radius 2 is 2.00 bits per heavy atom. The highest BCUT2D eigenvalue weighted by molar-refractivity contribution is 8.13. The van der Waals surface area contributed by atoms with E-state index in [0.29, 0.717) is 6.07 Å². The molecule has 0 N–H and O–H groups in total. The van der Waals surface area contributed by atoms with Crippen molar-refractivity contribution in [1.29, 1.82) is 0 Å². The lowest BCUT2D eigenvalue weighted by molar-refractivity contribution is 0.603. The molecule has 70 valence electrons. The molecule has 0 aliphatic carbocycles. The minimum absolute atomic E-state index is 0.404. The van der Waals surface area contributed by atoms with E-state index < -0.39 is 25.5 Å². The van der Waals surface area contributed by atoms with Gasteiger partial charge in [-0.1, -0.05) is 0 Å². The van der Waals surface area contributed by atoms with Crippen LogP contribution in [0.1, 0.15) is 0 Å². The largest absolute Gasteiger partial charge is 0.261 e. The van der Waals surface area contributed by atoms with Crippen LogP contribution in [0, 0.1) is 10.7 Å². The van der Waals surface area contributed by atoms with Crippen LogP contribution in [0.25, 0.3) is 0 Å². The molecular formula is C6H3ClFNO3S. The van der Waals surface area contributed by atoms with Gasteiger partial charge in [-0.05, 0) is 23.4 Å². The molecule has 1 rings (SSSR count). The summed E-state index contributed by atoms with van der Waals surface area (Å²) >= 11 is 0. The van der Waals surface area contributed by atoms with Crippen LogP contribution in [-0.4, -0.2) is 8.42 Å². The maximum atomic E-state index is 12.8. The highest BCUT2D eigenvalue weighted by Gasteiger charge is 2.12. The summed E-state index contributed by atoms with van der Waals surface area (Å²) in [6, 6.07) is 2.58. The topological polar surface area (TPSA) is 63.6 Å². The van der Waals surface area contributed by atoms with E-state index in [4.69, 9.17) is 10.7 Å². The second-order valence-electron chi connectivity index (χ2n) is 2.14. The SMILES string of the molecule is O=Nc1ccc(S(=O)(=O)Cl)cc1F. The Balaban J connectivity index is 3.34. The van der Waals surface area contributed by atoms with Crippen molar-refractivity contribution in [3.05, 3.63) is 28.9 Å². The Bertz CT molecular complexity index is 445. The first-order valence-corrected chi connectivity index (χ1v) is 5.33. The summed E-state index contributed by atoms with van der Waals surface area (Å²) in [5.74, 6) is -1.02.